The number of carbonyl (C=O) groups is 4. The van der Waals surface area contributed by atoms with Gasteiger partial charge in [0.25, 0.3) is 0 Å². The number of ketones is 1. The molecule has 8 heteroatoms. The van der Waals surface area contributed by atoms with Crippen molar-refractivity contribution in [1.82, 2.24) is 16.0 Å². The third-order valence-electron chi connectivity index (χ3n) is 2.49. The lowest BCUT2D eigenvalue weighted by Gasteiger charge is -2.19. The molecule has 0 atom stereocenters. The van der Waals surface area contributed by atoms with Gasteiger partial charge in [-0.1, -0.05) is 0 Å². The van der Waals surface area contributed by atoms with Crippen LogP contribution in [0, 0.1) is 0 Å². The first kappa shape index (κ1) is 20.9. The number of ether oxygens (including phenoxy) is 1. The maximum Gasteiger partial charge on any atom is 0.407 e. The first-order valence-corrected chi connectivity index (χ1v) is 7.60. The van der Waals surface area contributed by atoms with Crippen molar-refractivity contribution in [3.63, 3.8) is 0 Å². The number of Topliss-reactive ketones (excluding diaryl/α,β-unsaturated/α-hetero) is 1. The molecule has 0 saturated heterocycles. The number of carbonyl (C=O) groups excluding carboxylic acids is 4. The Morgan fingerprint density at radius 1 is 0.783 bits per heavy atom. The summed E-state index contributed by atoms with van der Waals surface area (Å²) >= 11 is 0. The molecule has 0 fully saturated rings. The second-order valence-electron chi connectivity index (χ2n) is 6.08. The highest BCUT2D eigenvalue weighted by Gasteiger charge is 2.15. The molecule has 0 rings (SSSR count). The minimum Gasteiger partial charge on any atom is -0.444 e. The van der Waals surface area contributed by atoms with Crippen LogP contribution in [0.15, 0.2) is 0 Å². The lowest BCUT2D eigenvalue weighted by Crippen LogP contribution is -2.37. The van der Waals surface area contributed by atoms with E-state index < -0.39 is 11.7 Å². The molecule has 0 spiro atoms. The van der Waals surface area contributed by atoms with E-state index in [-0.39, 0.29) is 49.9 Å². The Morgan fingerprint density at radius 3 is 1.78 bits per heavy atom. The lowest BCUT2D eigenvalue weighted by molar-refractivity contribution is -0.124. The van der Waals surface area contributed by atoms with Crippen LogP contribution >= 0.6 is 0 Å². The van der Waals surface area contributed by atoms with E-state index in [0.29, 0.717) is 6.54 Å². The maximum absolute atomic E-state index is 11.5. The third-order valence-corrected chi connectivity index (χ3v) is 2.49. The van der Waals surface area contributed by atoms with Crippen LogP contribution in [0.5, 0.6) is 0 Å². The van der Waals surface area contributed by atoms with Gasteiger partial charge in [0.2, 0.25) is 11.8 Å². The predicted molar refractivity (Wildman–Crippen MR) is 84.8 cm³/mol. The van der Waals surface area contributed by atoms with Crippen molar-refractivity contribution in [2.45, 2.75) is 52.6 Å². The Labute approximate surface area is 136 Å². The van der Waals surface area contributed by atoms with Crippen LogP contribution in [0.4, 0.5) is 4.79 Å². The van der Waals surface area contributed by atoms with Gasteiger partial charge in [-0.15, -0.1) is 0 Å². The zero-order chi connectivity index (χ0) is 17.9. The van der Waals surface area contributed by atoms with Crippen molar-refractivity contribution in [3.8, 4) is 0 Å². The summed E-state index contributed by atoms with van der Waals surface area (Å²) in [6.07, 6.45) is -0.0715. The predicted octanol–water partition coefficient (Wildman–Crippen LogP) is 0.503. The van der Waals surface area contributed by atoms with Gasteiger partial charge in [0, 0.05) is 38.9 Å². The first-order chi connectivity index (χ1) is 10.6. The molecule has 0 aromatic carbocycles. The van der Waals surface area contributed by atoms with Crippen LogP contribution in [-0.2, 0) is 19.1 Å². The minimum absolute atomic E-state index is 0.0362. The van der Waals surface area contributed by atoms with E-state index in [9.17, 15) is 19.2 Å². The van der Waals surface area contributed by atoms with Gasteiger partial charge in [0.15, 0.2) is 0 Å². The molecule has 8 nitrogen and oxygen atoms in total. The summed E-state index contributed by atoms with van der Waals surface area (Å²) in [5.74, 6) is -0.494. The average molecular weight is 329 g/mol. The largest absolute Gasteiger partial charge is 0.444 e. The molecule has 23 heavy (non-hydrogen) atoms. The molecule has 132 valence electrons. The van der Waals surface area contributed by atoms with Gasteiger partial charge in [-0.25, -0.2) is 4.79 Å². The van der Waals surface area contributed by atoms with Crippen molar-refractivity contribution < 1.29 is 23.9 Å². The first-order valence-electron chi connectivity index (χ1n) is 7.60. The van der Waals surface area contributed by atoms with Crippen LogP contribution in [0.25, 0.3) is 0 Å². The number of alkyl carbamates (subject to hydrolysis) is 1. The molecule has 0 aliphatic carbocycles. The Bertz CT molecular complexity index is 429. The Hall–Kier alpha value is -2.12. The Kier molecular flexibility index (Phi) is 9.60. The highest BCUT2D eigenvalue weighted by atomic mass is 16.6. The zero-order valence-corrected chi connectivity index (χ0v) is 14.3. The van der Waals surface area contributed by atoms with Crippen molar-refractivity contribution in [3.05, 3.63) is 0 Å². The quantitative estimate of drug-likeness (QED) is 0.533. The lowest BCUT2D eigenvalue weighted by atomic mass is 10.2. The second kappa shape index (κ2) is 10.6. The summed E-state index contributed by atoms with van der Waals surface area (Å²) in [6, 6.07) is 0. The molecule has 0 unspecified atom stereocenters. The highest BCUT2D eigenvalue weighted by Crippen LogP contribution is 2.06. The van der Waals surface area contributed by atoms with Crippen LogP contribution in [0.3, 0.4) is 0 Å². The SMILES string of the molecule is CC(=O)CCC(=O)NCCNC(=O)CCNC(=O)OC(C)(C)C. The Morgan fingerprint density at radius 2 is 1.30 bits per heavy atom. The fourth-order valence-electron chi connectivity index (χ4n) is 1.46. The van der Waals surface area contributed by atoms with Crippen molar-refractivity contribution in [2.24, 2.45) is 0 Å². The fraction of sp³-hybridized carbons (Fsp3) is 0.733. The molecule has 3 N–H and O–H groups in total. The van der Waals surface area contributed by atoms with Gasteiger partial charge in [0.05, 0.1) is 0 Å². The van der Waals surface area contributed by atoms with Gasteiger partial charge >= 0.3 is 6.09 Å². The number of hydrogen-bond donors (Lipinski definition) is 3. The summed E-state index contributed by atoms with van der Waals surface area (Å²) in [5.41, 5.74) is -0.576. The minimum atomic E-state index is -0.576. The normalized spacial score (nSPS) is 10.6. The number of amides is 3. The zero-order valence-electron chi connectivity index (χ0n) is 14.3. The molecule has 0 heterocycles. The van der Waals surface area contributed by atoms with Crippen LogP contribution in [0.2, 0.25) is 0 Å². The topological polar surface area (TPSA) is 114 Å². The van der Waals surface area contributed by atoms with E-state index >= 15 is 0 Å². The van der Waals surface area contributed by atoms with E-state index in [1.54, 1.807) is 20.8 Å². The summed E-state index contributed by atoms with van der Waals surface area (Å²) in [6.45, 7) is 7.45. The van der Waals surface area contributed by atoms with Crippen LogP contribution in [-0.4, -0.2) is 48.9 Å². The van der Waals surface area contributed by atoms with E-state index in [4.69, 9.17) is 4.74 Å². The molecule has 0 radical (unpaired) electrons. The Balaban J connectivity index is 3.63. The molecule has 0 aliphatic heterocycles. The molecule has 0 aromatic rings. The summed E-state index contributed by atoms with van der Waals surface area (Å²) in [4.78, 5) is 44.9. The summed E-state index contributed by atoms with van der Waals surface area (Å²) in [5, 5.41) is 7.69. The maximum atomic E-state index is 11.5. The number of hydrogen-bond acceptors (Lipinski definition) is 5. The van der Waals surface area contributed by atoms with Gasteiger partial charge in [-0.3, -0.25) is 9.59 Å². The standard InChI is InChI=1S/C15H27N3O5/c1-11(19)5-6-12(20)16-9-10-17-13(21)7-8-18-14(22)23-15(2,3)4/h5-10H2,1-4H3,(H,16,20)(H,17,21)(H,18,22). The second-order valence-corrected chi connectivity index (χ2v) is 6.08. The van der Waals surface area contributed by atoms with Crippen molar-refractivity contribution in [1.29, 1.82) is 0 Å². The van der Waals surface area contributed by atoms with Gasteiger partial charge in [-0.05, 0) is 27.7 Å². The van der Waals surface area contributed by atoms with E-state index in [2.05, 4.69) is 16.0 Å². The molecule has 0 saturated carbocycles. The summed E-state index contributed by atoms with van der Waals surface area (Å²) in [7, 11) is 0. The molecule has 0 aliphatic rings. The number of rotatable bonds is 9. The average Bonchev–Trinajstić information content (AvgIpc) is 2.39. The van der Waals surface area contributed by atoms with E-state index in [0.717, 1.165) is 0 Å². The van der Waals surface area contributed by atoms with E-state index in [1.807, 2.05) is 0 Å². The number of nitrogens with one attached hydrogen (secondary N) is 3. The molecule has 0 aromatic heterocycles. The van der Waals surface area contributed by atoms with Crippen molar-refractivity contribution >= 4 is 23.7 Å². The van der Waals surface area contributed by atoms with Crippen molar-refractivity contribution in [2.75, 3.05) is 19.6 Å². The van der Waals surface area contributed by atoms with E-state index in [1.165, 1.54) is 6.92 Å². The molecular weight excluding hydrogens is 302 g/mol. The molecular formula is C15H27N3O5. The van der Waals surface area contributed by atoms with Crippen LogP contribution < -0.4 is 16.0 Å². The third kappa shape index (κ3) is 14.6. The van der Waals surface area contributed by atoms with Gasteiger partial charge < -0.3 is 25.5 Å². The fourth-order valence-corrected chi connectivity index (χ4v) is 1.46. The van der Waals surface area contributed by atoms with Crippen LogP contribution in [0.1, 0.15) is 47.0 Å². The van der Waals surface area contributed by atoms with Gasteiger partial charge in [0.1, 0.15) is 11.4 Å². The highest BCUT2D eigenvalue weighted by molar-refractivity contribution is 5.83. The van der Waals surface area contributed by atoms with Gasteiger partial charge in [-0.2, -0.15) is 0 Å². The molecule has 3 amide bonds. The summed E-state index contributed by atoms with van der Waals surface area (Å²) < 4.78 is 5.03. The monoisotopic (exact) mass is 329 g/mol. The smallest absolute Gasteiger partial charge is 0.407 e. The molecule has 0 bridgehead atoms.